The molecule has 0 fully saturated rings. The molecule has 1 aromatic heterocycles. The van der Waals surface area contributed by atoms with Crippen molar-refractivity contribution in [2.75, 3.05) is 18.4 Å². The smallest absolute Gasteiger partial charge is 0.319 e. The van der Waals surface area contributed by atoms with E-state index in [4.69, 9.17) is 0 Å². The van der Waals surface area contributed by atoms with E-state index < -0.39 is 0 Å². The summed E-state index contributed by atoms with van der Waals surface area (Å²) < 4.78 is 0. The zero-order valence-electron chi connectivity index (χ0n) is 15.1. The lowest BCUT2D eigenvalue weighted by atomic mass is 9.97. The van der Waals surface area contributed by atoms with E-state index in [2.05, 4.69) is 56.6 Å². The number of hydrogen-bond acceptors (Lipinski definition) is 3. The van der Waals surface area contributed by atoms with Crippen LogP contribution in [0.25, 0.3) is 0 Å². The minimum atomic E-state index is -0.168. The van der Waals surface area contributed by atoms with Gasteiger partial charge in [0.05, 0.1) is 6.04 Å². The van der Waals surface area contributed by atoms with Crippen molar-refractivity contribution in [2.45, 2.75) is 19.0 Å². The number of thiophene rings is 1. The Kier molecular flexibility index (Phi) is 5.51. The topological polar surface area (TPSA) is 44.4 Å². The Balaban J connectivity index is 1.44. The molecular formula is C22H23N3OS. The summed E-state index contributed by atoms with van der Waals surface area (Å²) in [6, 6.07) is 20.3. The van der Waals surface area contributed by atoms with Gasteiger partial charge in [0, 0.05) is 25.3 Å². The number of rotatable bonds is 5. The number of hydrogen-bond donors (Lipinski definition) is 2. The maximum atomic E-state index is 12.3. The molecule has 0 saturated carbocycles. The molecule has 2 N–H and O–H groups in total. The normalized spacial score (nSPS) is 15.0. The van der Waals surface area contributed by atoms with E-state index in [-0.39, 0.29) is 12.1 Å². The first-order valence-electron chi connectivity index (χ1n) is 9.22. The molecule has 0 saturated heterocycles. The summed E-state index contributed by atoms with van der Waals surface area (Å²) in [6.07, 6.45) is 1.05. The van der Waals surface area contributed by atoms with Crippen LogP contribution in [0.5, 0.6) is 0 Å². The fourth-order valence-electron chi connectivity index (χ4n) is 3.59. The van der Waals surface area contributed by atoms with Crippen LogP contribution >= 0.6 is 11.3 Å². The first kappa shape index (κ1) is 17.8. The lowest BCUT2D eigenvalue weighted by molar-refractivity contribution is 0.176. The summed E-state index contributed by atoms with van der Waals surface area (Å²) in [6.45, 7) is 2.50. The lowest BCUT2D eigenvalue weighted by Gasteiger charge is -2.35. The third-order valence-corrected chi connectivity index (χ3v) is 5.72. The van der Waals surface area contributed by atoms with Crippen molar-refractivity contribution < 1.29 is 4.79 Å². The Hall–Kier alpha value is -2.63. The maximum absolute atomic E-state index is 12.3. The van der Waals surface area contributed by atoms with Gasteiger partial charge in [0.1, 0.15) is 0 Å². The van der Waals surface area contributed by atoms with Crippen molar-refractivity contribution in [3.8, 4) is 0 Å². The van der Waals surface area contributed by atoms with Gasteiger partial charge in [0.25, 0.3) is 0 Å². The van der Waals surface area contributed by atoms with Crippen LogP contribution < -0.4 is 10.6 Å². The second kappa shape index (κ2) is 8.37. The van der Waals surface area contributed by atoms with Crippen LogP contribution in [0.15, 0.2) is 71.4 Å². The second-order valence-electron chi connectivity index (χ2n) is 6.76. The Morgan fingerprint density at radius 3 is 2.59 bits per heavy atom. The van der Waals surface area contributed by atoms with Crippen molar-refractivity contribution in [3.63, 3.8) is 0 Å². The predicted octanol–water partition coefficient (Wildman–Crippen LogP) is 4.67. The summed E-state index contributed by atoms with van der Waals surface area (Å²) >= 11 is 1.70. The summed E-state index contributed by atoms with van der Waals surface area (Å²) in [4.78, 5) is 14.8. The summed E-state index contributed by atoms with van der Waals surface area (Å²) in [5, 5.41) is 10.2. The molecule has 2 heterocycles. The Morgan fingerprint density at radius 2 is 1.81 bits per heavy atom. The summed E-state index contributed by atoms with van der Waals surface area (Å²) in [7, 11) is 0. The summed E-state index contributed by atoms with van der Waals surface area (Å²) in [5.74, 6) is 0. The van der Waals surface area contributed by atoms with E-state index in [9.17, 15) is 4.79 Å². The standard InChI is InChI=1S/C22H23N3OS/c26-22(24-20-8-2-1-3-9-20)23-14-21(19-11-13-27-16-19)25-12-10-17-6-4-5-7-18(17)15-25/h1-9,11,13,16,21H,10,12,14-15H2,(H2,23,24,26). The molecule has 4 nitrogen and oxygen atoms in total. The van der Waals surface area contributed by atoms with Gasteiger partial charge in [-0.1, -0.05) is 42.5 Å². The lowest BCUT2D eigenvalue weighted by Crippen LogP contribution is -2.41. The molecule has 5 heteroatoms. The molecule has 0 aliphatic carbocycles. The summed E-state index contributed by atoms with van der Waals surface area (Å²) in [5.41, 5.74) is 4.89. The first-order chi connectivity index (χ1) is 13.3. The van der Waals surface area contributed by atoms with Crippen LogP contribution in [0.3, 0.4) is 0 Å². The minimum Gasteiger partial charge on any atom is -0.336 e. The largest absolute Gasteiger partial charge is 0.336 e. The highest BCUT2D eigenvalue weighted by atomic mass is 32.1. The van der Waals surface area contributed by atoms with E-state index in [0.29, 0.717) is 6.54 Å². The van der Waals surface area contributed by atoms with E-state index in [1.54, 1.807) is 11.3 Å². The van der Waals surface area contributed by atoms with Crippen LogP contribution in [0.1, 0.15) is 22.7 Å². The number of nitrogens with zero attached hydrogens (tertiary/aromatic N) is 1. The molecule has 1 atom stereocenters. The van der Waals surface area contributed by atoms with Gasteiger partial charge >= 0.3 is 6.03 Å². The van der Waals surface area contributed by atoms with Crippen LogP contribution in [0.2, 0.25) is 0 Å². The van der Waals surface area contributed by atoms with Gasteiger partial charge < -0.3 is 10.6 Å². The average molecular weight is 378 g/mol. The van der Waals surface area contributed by atoms with Crippen molar-refractivity contribution in [1.29, 1.82) is 0 Å². The quantitative estimate of drug-likeness (QED) is 0.679. The van der Waals surface area contributed by atoms with Gasteiger partial charge in [0.15, 0.2) is 0 Å². The van der Waals surface area contributed by atoms with E-state index >= 15 is 0 Å². The van der Waals surface area contributed by atoms with Crippen LogP contribution in [0, 0.1) is 0 Å². The molecule has 0 radical (unpaired) electrons. The zero-order valence-corrected chi connectivity index (χ0v) is 15.9. The number of anilines is 1. The molecule has 0 spiro atoms. The van der Waals surface area contributed by atoms with Gasteiger partial charge in [-0.05, 0) is 52.1 Å². The number of para-hydroxylation sites is 1. The Morgan fingerprint density at radius 1 is 1.04 bits per heavy atom. The van der Waals surface area contributed by atoms with E-state index in [1.165, 1.54) is 16.7 Å². The highest BCUT2D eigenvalue weighted by molar-refractivity contribution is 7.07. The molecule has 27 heavy (non-hydrogen) atoms. The van der Waals surface area contributed by atoms with Gasteiger partial charge in [-0.2, -0.15) is 11.3 Å². The SMILES string of the molecule is O=C(NCC(c1ccsc1)N1CCc2ccccc2C1)Nc1ccccc1. The maximum Gasteiger partial charge on any atom is 0.319 e. The van der Waals surface area contributed by atoms with Gasteiger partial charge in [-0.3, -0.25) is 4.90 Å². The number of fused-ring (bicyclic) bond motifs is 1. The number of benzene rings is 2. The van der Waals surface area contributed by atoms with Crippen molar-refractivity contribution >= 4 is 23.1 Å². The fourth-order valence-corrected chi connectivity index (χ4v) is 4.30. The molecule has 2 aromatic carbocycles. The molecule has 138 valence electrons. The molecule has 3 aromatic rings. The molecule has 4 rings (SSSR count). The molecule has 2 amide bonds. The Bertz CT molecular complexity index is 880. The van der Waals surface area contributed by atoms with Crippen molar-refractivity contribution in [2.24, 2.45) is 0 Å². The van der Waals surface area contributed by atoms with Crippen LogP contribution in [0.4, 0.5) is 10.5 Å². The predicted molar refractivity (Wildman–Crippen MR) is 111 cm³/mol. The zero-order chi connectivity index (χ0) is 18.5. The van der Waals surface area contributed by atoms with E-state index in [0.717, 1.165) is 25.2 Å². The third kappa shape index (κ3) is 4.38. The van der Waals surface area contributed by atoms with Gasteiger partial charge in [-0.25, -0.2) is 4.79 Å². The minimum absolute atomic E-state index is 0.168. The van der Waals surface area contributed by atoms with Crippen LogP contribution in [-0.4, -0.2) is 24.0 Å². The van der Waals surface area contributed by atoms with Crippen LogP contribution in [-0.2, 0) is 13.0 Å². The Labute approximate surface area is 163 Å². The number of carbonyl (C=O) groups is 1. The number of urea groups is 1. The molecule has 0 bridgehead atoms. The van der Waals surface area contributed by atoms with Gasteiger partial charge in [-0.15, -0.1) is 0 Å². The molecular weight excluding hydrogens is 354 g/mol. The molecule has 1 aliphatic rings. The molecule has 1 aliphatic heterocycles. The second-order valence-corrected chi connectivity index (χ2v) is 7.54. The molecule has 1 unspecified atom stereocenters. The fraction of sp³-hybridized carbons (Fsp3) is 0.227. The van der Waals surface area contributed by atoms with Crippen molar-refractivity contribution in [3.05, 3.63) is 88.1 Å². The highest BCUT2D eigenvalue weighted by Gasteiger charge is 2.25. The highest BCUT2D eigenvalue weighted by Crippen LogP contribution is 2.28. The van der Waals surface area contributed by atoms with Crippen molar-refractivity contribution in [1.82, 2.24) is 10.2 Å². The van der Waals surface area contributed by atoms with E-state index in [1.807, 2.05) is 30.3 Å². The first-order valence-corrected chi connectivity index (χ1v) is 10.2. The number of amides is 2. The average Bonchev–Trinajstić information content (AvgIpc) is 3.23. The van der Waals surface area contributed by atoms with Gasteiger partial charge in [0.2, 0.25) is 0 Å². The third-order valence-electron chi connectivity index (χ3n) is 5.02. The number of carbonyl (C=O) groups excluding carboxylic acids is 1. The number of nitrogens with one attached hydrogen (secondary N) is 2. The monoisotopic (exact) mass is 377 g/mol.